The van der Waals surface area contributed by atoms with Gasteiger partial charge >= 0.3 is 0 Å². The number of hydrogen-bond donors (Lipinski definition) is 1. The number of carbonyl (C=O) groups is 2. The summed E-state index contributed by atoms with van der Waals surface area (Å²) in [4.78, 5) is 26.3. The summed E-state index contributed by atoms with van der Waals surface area (Å²) in [6.45, 7) is 0. The Kier molecular flexibility index (Phi) is 5.27. The lowest BCUT2D eigenvalue weighted by Crippen LogP contribution is -2.54. The van der Waals surface area contributed by atoms with E-state index in [9.17, 15) is 9.59 Å². The summed E-state index contributed by atoms with van der Waals surface area (Å²) in [7, 11) is 1.56. The van der Waals surface area contributed by atoms with Crippen LogP contribution in [-0.2, 0) is 9.59 Å². The molecule has 0 radical (unpaired) electrons. The van der Waals surface area contributed by atoms with E-state index < -0.39 is 11.8 Å². The van der Waals surface area contributed by atoms with Crippen molar-refractivity contribution in [2.45, 2.75) is 0 Å². The van der Waals surface area contributed by atoms with Crippen LogP contribution in [0.25, 0.3) is 6.08 Å². The molecule has 1 aliphatic rings. The summed E-state index contributed by atoms with van der Waals surface area (Å²) in [5.74, 6) is -0.474. The van der Waals surface area contributed by atoms with Gasteiger partial charge in [-0.2, -0.15) is 0 Å². The molecule has 0 bridgehead atoms. The van der Waals surface area contributed by atoms with E-state index in [1.54, 1.807) is 43.5 Å². The van der Waals surface area contributed by atoms with Crippen LogP contribution in [0.3, 0.4) is 0 Å². The van der Waals surface area contributed by atoms with Crippen molar-refractivity contribution in [1.82, 2.24) is 5.32 Å². The van der Waals surface area contributed by atoms with Crippen LogP contribution in [0.15, 0.2) is 48.0 Å². The molecule has 0 saturated carbocycles. The van der Waals surface area contributed by atoms with Crippen molar-refractivity contribution in [3.63, 3.8) is 0 Å². The summed E-state index contributed by atoms with van der Waals surface area (Å²) >= 11 is 17.2. The molecule has 26 heavy (non-hydrogen) atoms. The van der Waals surface area contributed by atoms with Crippen LogP contribution in [0.1, 0.15) is 5.56 Å². The molecule has 132 valence electrons. The first kappa shape index (κ1) is 18.4. The first-order valence-corrected chi connectivity index (χ1v) is 8.57. The van der Waals surface area contributed by atoms with Crippen molar-refractivity contribution >= 4 is 64.1 Å². The predicted octanol–water partition coefficient (Wildman–Crippen LogP) is 3.83. The molecule has 0 spiro atoms. The molecule has 1 N–H and O–H groups in total. The predicted molar refractivity (Wildman–Crippen MR) is 106 cm³/mol. The van der Waals surface area contributed by atoms with E-state index in [0.717, 1.165) is 0 Å². The fourth-order valence-corrected chi connectivity index (χ4v) is 3.17. The highest BCUT2D eigenvalue weighted by atomic mass is 35.5. The van der Waals surface area contributed by atoms with Gasteiger partial charge in [0.2, 0.25) is 0 Å². The molecule has 0 aliphatic carbocycles. The Balaban J connectivity index is 2.01. The molecule has 5 nitrogen and oxygen atoms in total. The number of hydrogen-bond acceptors (Lipinski definition) is 4. The summed E-state index contributed by atoms with van der Waals surface area (Å²) in [5, 5.41) is 3.13. The standard InChI is InChI=1S/C18H12Cl2N2O3S/c1-25-12-5-2-10(3-6-12)8-13-16(23)21-18(26)22(17(13)24)15-7-4-11(19)9-14(15)20/h2-9H,1H3,(H,21,23,26)/b13-8+. The molecule has 8 heteroatoms. The largest absolute Gasteiger partial charge is 0.497 e. The molecule has 0 atom stereocenters. The van der Waals surface area contributed by atoms with E-state index in [1.807, 2.05) is 0 Å². The Morgan fingerprint density at radius 1 is 1.12 bits per heavy atom. The Labute approximate surface area is 165 Å². The lowest BCUT2D eigenvalue weighted by atomic mass is 10.1. The van der Waals surface area contributed by atoms with Gasteiger partial charge in [0.1, 0.15) is 11.3 Å². The van der Waals surface area contributed by atoms with Gasteiger partial charge in [0, 0.05) is 5.02 Å². The van der Waals surface area contributed by atoms with E-state index in [4.69, 9.17) is 40.2 Å². The fourth-order valence-electron chi connectivity index (χ4n) is 2.41. The highest BCUT2D eigenvalue weighted by molar-refractivity contribution is 7.80. The number of thiocarbonyl (C=S) groups is 1. The highest BCUT2D eigenvalue weighted by Gasteiger charge is 2.35. The normalized spacial score (nSPS) is 16.0. The average Bonchev–Trinajstić information content (AvgIpc) is 2.61. The summed E-state index contributed by atoms with van der Waals surface area (Å²) < 4.78 is 5.10. The molecular weight excluding hydrogens is 395 g/mol. The molecule has 1 aliphatic heterocycles. The summed E-state index contributed by atoms with van der Waals surface area (Å²) in [6.07, 6.45) is 1.48. The third-order valence-corrected chi connectivity index (χ3v) is 4.50. The Hall–Kier alpha value is -2.41. The summed E-state index contributed by atoms with van der Waals surface area (Å²) in [5.41, 5.74) is 0.945. The van der Waals surface area contributed by atoms with Gasteiger partial charge in [-0.3, -0.25) is 19.8 Å². The van der Waals surface area contributed by atoms with Gasteiger partial charge in [0.05, 0.1) is 17.8 Å². The van der Waals surface area contributed by atoms with Crippen molar-refractivity contribution in [3.05, 3.63) is 63.6 Å². The third-order valence-electron chi connectivity index (χ3n) is 3.68. The van der Waals surface area contributed by atoms with E-state index in [-0.39, 0.29) is 15.7 Å². The number of anilines is 1. The SMILES string of the molecule is COc1ccc(/C=C2\C(=O)NC(=S)N(c3ccc(Cl)cc3Cl)C2=O)cc1. The van der Waals surface area contributed by atoms with E-state index in [2.05, 4.69) is 5.32 Å². The smallest absolute Gasteiger partial charge is 0.270 e. The lowest BCUT2D eigenvalue weighted by Gasteiger charge is -2.29. The fraction of sp³-hybridized carbons (Fsp3) is 0.0556. The zero-order valence-electron chi connectivity index (χ0n) is 13.5. The molecule has 1 saturated heterocycles. The van der Waals surface area contributed by atoms with Crippen molar-refractivity contribution in [1.29, 1.82) is 0 Å². The molecule has 2 aromatic rings. The van der Waals surface area contributed by atoms with Gasteiger partial charge in [-0.05, 0) is 54.2 Å². The number of halogens is 2. The highest BCUT2D eigenvalue weighted by Crippen LogP contribution is 2.31. The van der Waals surface area contributed by atoms with Crippen LogP contribution < -0.4 is 15.0 Å². The van der Waals surface area contributed by atoms with Crippen molar-refractivity contribution in [2.24, 2.45) is 0 Å². The monoisotopic (exact) mass is 406 g/mol. The van der Waals surface area contributed by atoms with Crippen LogP contribution in [0, 0.1) is 0 Å². The lowest BCUT2D eigenvalue weighted by molar-refractivity contribution is -0.122. The molecule has 2 amide bonds. The number of carbonyl (C=O) groups excluding carboxylic acids is 2. The zero-order valence-corrected chi connectivity index (χ0v) is 15.8. The molecule has 0 unspecified atom stereocenters. The minimum absolute atomic E-state index is 0.0453. The Morgan fingerprint density at radius 2 is 1.81 bits per heavy atom. The minimum atomic E-state index is -0.572. The second-order valence-electron chi connectivity index (χ2n) is 5.33. The average molecular weight is 407 g/mol. The first-order chi connectivity index (χ1) is 12.4. The van der Waals surface area contributed by atoms with Crippen molar-refractivity contribution in [2.75, 3.05) is 12.0 Å². The minimum Gasteiger partial charge on any atom is -0.497 e. The second-order valence-corrected chi connectivity index (χ2v) is 6.56. The number of benzene rings is 2. The van der Waals surface area contributed by atoms with Crippen LogP contribution in [0.2, 0.25) is 10.0 Å². The van der Waals surface area contributed by atoms with Gasteiger partial charge in [-0.15, -0.1) is 0 Å². The quantitative estimate of drug-likeness (QED) is 0.477. The van der Waals surface area contributed by atoms with Gasteiger partial charge in [0.15, 0.2) is 5.11 Å². The molecule has 3 rings (SSSR count). The van der Waals surface area contributed by atoms with Gasteiger partial charge in [-0.1, -0.05) is 35.3 Å². The second kappa shape index (κ2) is 7.45. The number of nitrogens with zero attached hydrogens (tertiary/aromatic N) is 1. The maximum Gasteiger partial charge on any atom is 0.270 e. The topological polar surface area (TPSA) is 58.6 Å². The van der Waals surface area contributed by atoms with E-state index >= 15 is 0 Å². The Morgan fingerprint density at radius 3 is 2.42 bits per heavy atom. The van der Waals surface area contributed by atoms with Crippen LogP contribution in [0.4, 0.5) is 5.69 Å². The van der Waals surface area contributed by atoms with Crippen LogP contribution >= 0.6 is 35.4 Å². The number of ether oxygens (including phenoxy) is 1. The molecule has 0 aromatic heterocycles. The molecule has 2 aromatic carbocycles. The zero-order chi connectivity index (χ0) is 18.8. The van der Waals surface area contributed by atoms with Gasteiger partial charge < -0.3 is 4.74 Å². The first-order valence-electron chi connectivity index (χ1n) is 7.41. The maximum absolute atomic E-state index is 12.9. The number of amides is 2. The van der Waals surface area contributed by atoms with Crippen molar-refractivity contribution < 1.29 is 14.3 Å². The van der Waals surface area contributed by atoms with E-state index in [1.165, 1.54) is 17.0 Å². The maximum atomic E-state index is 12.9. The number of methoxy groups -OCH3 is 1. The number of nitrogens with one attached hydrogen (secondary N) is 1. The number of rotatable bonds is 3. The molecule has 1 heterocycles. The molecular formula is C18H12Cl2N2O3S. The van der Waals surface area contributed by atoms with Gasteiger partial charge in [0.25, 0.3) is 11.8 Å². The summed E-state index contributed by atoms with van der Waals surface area (Å²) in [6, 6.07) is 11.6. The Bertz CT molecular complexity index is 942. The van der Waals surface area contributed by atoms with E-state index in [0.29, 0.717) is 22.0 Å². The van der Waals surface area contributed by atoms with Gasteiger partial charge in [-0.25, -0.2) is 0 Å². The third kappa shape index (κ3) is 3.58. The molecule has 1 fully saturated rings. The van der Waals surface area contributed by atoms with Crippen molar-refractivity contribution in [3.8, 4) is 5.75 Å². The van der Waals surface area contributed by atoms with Crippen LogP contribution in [-0.4, -0.2) is 24.0 Å². The van der Waals surface area contributed by atoms with Crippen LogP contribution in [0.5, 0.6) is 5.75 Å².